The number of hydrogen-bond acceptors (Lipinski definition) is 4. The highest BCUT2D eigenvalue weighted by molar-refractivity contribution is 5.83. The molecule has 2 aromatic carbocycles. The van der Waals surface area contributed by atoms with Gasteiger partial charge in [0.2, 0.25) is 5.82 Å². The van der Waals surface area contributed by atoms with Gasteiger partial charge in [0.05, 0.1) is 11.0 Å². The molecule has 21 heavy (non-hydrogen) atoms. The predicted octanol–water partition coefficient (Wildman–Crippen LogP) is 3.14. The number of nitrogens with zero attached hydrogens (tertiary/aromatic N) is 3. The molecule has 0 amide bonds. The van der Waals surface area contributed by atoms with Crippen molar-refractivity contribution in [1.82, 2.24) is 9.78 Å². The standard InChI is InChI=1S/C15H14N4O2/c1-10(18-15(16)14(9-17-18)19(20)21)12-7-6-11-4-2-3-5-13(11)8-12/h2-10H,16H2,1H3. The first-order valence-electron chi connectivity index (χ1n) is 6.54. The van der Waals surface area contributed by atoms with Crippen LogP contribution in [-0.2, 0) is 0 Å². The van der Waals surface area contributed by atoms with E-state index in [0.29, 0.717) is 0 Å². The largest absolute Gasteiger partial charge is 0.378 e. The van der Waals surface area contributed by atoms with E-state index < -0.39 is 4.92 Å². The van der Waals surface area contributed by atoms with E-state index in [1.807, 2.05) is 49.4 Å². The van der Waals surface area contributed by atoms with Gasteiger partial charge in [-0.1, -0.05) is 36.4 Å². The molecule has 0 fully saturated rings. The molecule has 0 aliphatic carbocycles. The number of hydrogen-bond donors (Lipinski definition) is 1. The van der Waals surface area contributed by atoms with Crippen molar-refractivity contribution in [3.8, 4) is 0 Å². The lowest BCUT2D eigenvalue weighted by Gasteiger charge is -2.14. The quantitative estimate of drug-likeness (QED) is 0.590. The lowest BCUT2D eigenvalue weighted by molar-refractivity contribution is -0.384. The van der Waals surface area contributed by atoms with E-state index in [2.05, 4.69) is 5.10 Å². The molecular formula is C15H14N4O2. The average molecular weight is 282 g/mol. The summed E-state index contributed by atoms with van der Waals surface area (Å²) in [6.45, 7) is 1.91. The van der Waals surface area contributed by atoms with Gasteiger partial charge < -0.3 is 5.73 Å². The minimum atomic E-state index is -0.522. The molecule has 0 saturated heterocycles. The van der Waals surface area contributed by atoms with Gasteiger partial charge in [-0.15, -0.1) is 0 Å². The first kappa shape index (κ1) is 13.1. The Morgan fingerprint density at radius 2 is 1.95 bits per heavy atom. The number of aromatic nitrogens is 2. The van der Waals surface area contributed by atoms with Crippen molar-refractivity contribution in [3.63, 3.8) is 0 Å². The van der Waals surface area contributed by atoms with E-state index in [-0.39, 0.29) is 17.5 Å². The van der Waals surface area contributed by atoms with E-state index in [4.69, 9.17) is 5.73 Å². The Labute approximate surface area is 121 Å². The molecular weight excluding hydrogens is 268 g/mol. The topological polar surface area (TPSA) is 87.0 Å². The third-order valence-electron chi connectivity index (χ3n) is 3.63. The van der Waals surface area contributed by atoms with Gasteiger partial charge in [-0.25, -0.2) is 4.68 Å². The van der Waals surface area contributed by atoms with Crippen LogP contribution in [0.4, 0.5) is 11.5 Å². The number of nitro groups is 1. The molecule has 0 aliphatic rings. The maximum absolute atomic E-state index is 10.8. The molecule has 0 saturated carbocycles. The van der Waals surface area contributed by atoms with Gasteiger partial charge in [-0.3, -0.25) is 10.1 Å². The van der Waals surface area contributed by atoms with Crippen LogP contribution in [0.5, 0.6) is 0 Å². The molecule has 6 nitrogen and oxygen atoms in total. The van der Waals surface area contributed by atoms with Crippen LogP contribution in [0.15, 0.2) is 48.7 Å². The summed E-state index contributed by atoms with van der Waals surface area (Å²) >= 11 is 0. The molecule has 2 N–H and O–H groups in total. The number of nitrogen functional groups attached to an aromatic ring is 1. The van der Waals surface area contributed by atoms with Gasteiger partial charge in [0, 0.05) is 0 Å². The number of benzene rings is 2. The smallest absolute Gasteiger partial charge is 0.330 e. The zero-order valence-electron chi connectivity index (χ0n) is 11.4. The highest BCUT2D eigenvalue weighted by Gasteiger charge is 2.21. The highest BCUT2D eigenvalue weighted by atomic mass is 16.6. The molecule has 0 bridgehead atoms. The number of fused-ring (bicyclic) bond motifs is 1. The van der Waals surface area contributed by atoms with Gasteiger partial charge in [0.25, 0.3) is 0 Å². The first-order chi connectivity index (χ1) is 10.1. The Bertz CT molecular complexity index is 825. The summed E-state index contributed by atoms with van der Waals surface area (Å²) in [5.41, 5.74) is 6.65. The molecule has 1 unspecified atom stereocenters. The first-order valence-corrected chi connectivity index (χ1v) is 6.54. The van der Waals surface area contributed by atoms with E-state index >= 15 is 0 Å². The second kappa shape index (κ2) is 4.90. The Balaban J connectivity index is 2.04. The molecule has 106 valence electrons. The third kappa shape index (κ3) is 2.20. The summed E-state index contributed by atoms with van der Waals surface area (Å²) in [5.74, 6) is 0.0701. The van der Waals surface area contributed by atoms with Crippen molar-refractivity contribution in [2.24, 2.45) is 0 Å². The molecule has 3 aromatic rings. The number of nitrogens with two attached hydrogens (primary N) is 1. The Morgan fingerprint density at radius 1 is 1.24 bits per heavy atom. The highest BCUT2D eigenvalue weighted by Crippen LogP contribution is 2.28. The SMILES string of the molecule is CC(c1ccc2ccccc2c1)n1ncc([N+](=O)[O-])c1N. The van der Waals surface area contributed by atoms with Crippen molar-refractivity contribution in [1.29, 1.82) is 0 Å². The average Bonchev–Trinajstić information content (AvgIpc) is 2.88. The van der Waals surface area contributed by atoms with Crippen LogP contribution in [0.2, 0.25) is 0 Å². The minimum absolute atomic E-state index is 0.0701. The molecule has 1 heterocycles. The van der Waals surface area contributed by atoms with Gasteiger partial charge in [0.15, 0.2) is 0 Å². The summed E-state index contributed by atoms with van der Waals surface area (Å²) in [5, 5.41) is 17.1. The predicted molar refractivity (Wildman–Crippen MR) is 81.1 cm³/mol. The zero-order chi connectivity index (χ0) is 15.0. The molecule has 6 heteroatoms. The van der Waals surface area contributed by atoms with E-state index in [0.717, 1.165) is 16.3 Å². The summed E-state index contributed by atoms with van der Waals surface area (Å²) in [7, 11) is 0. The van der Waals surface area contributed by atoms with E-state index in [1.54, 1.807) is 0 Å². The monoisotopic (exact) mass is 282 g/mol. The summed E-state index contributed by atoms with van der Waals surface area (Å²) in [4.78, 5) is 10.3. The Kier molecular flexibility index (Phi) is 3.06. The van der Waals surface area contributed by atoms with E-state index in [9.17, 15) is 10.1 Å². The van der Waals surface area contributed by atoms with Gasteiger partial charge in [-0.2, -0.15) is 5.10 Å². The second-order valence-corrected chi connectivity index (χ2v) is 4.90. The van der Waals surface area contributed by atoms with Crippen LogP contribution in [0.1, 0.15) is 18.5 Å². The molecule has 3 rings (SSSR count). The summed E-state index contributed by atoms with van der Waals surface area (Å²) in [6.07, 6.45) is 1.19. The maximum Gasteiger partial charge on any atom is 0.330 e. The normalized spacial score (nSPS) is 12.4. The maximum atomic E-state index is 10.8. The summed E-state index contributed by atoms with van der Waals surface area (Å²) < 4.78 is 1.47. The van der Waals surface area contributed by atoms with Crippen LogP contribution in [0, 0.1) is 10.1 Å². The van der Waals surface area contributed by atoms with Crippen molar-refractivity contribution in [2.75, 3.05) is 5.73 Å². The van der Waals surface area contributed by atoms with E-state index in [1.165, 1.54) is 10.9 Å². The van der Waals surface area contributed by atoms with Crippen molar-refractivity contribution < 1.29 is 4.92 Å². The minimum Gasteiger partial charge on any atom is -0.378 e. The van der Waals surface area contributed by atoms with Crippen LogP contribution in [0.3, 0.4) is 0 Å². The fourth-order valence-electron chi connectivity index (χ4n) is 2.42. The molecule has 0 aliphatic heterocycles. The Hall–Kier alpha value is -2.89. The molecule has 0 radical (unpaired) electrons. The Morgan fingerprint density at radius 3 is 2.62 bits per heavy atom. The van der Waals surface area contributed by atoms with Crippen molar-refractivity contribution in [3.05, 3.63) is 64.3 Å². The van der Waals surface area contributed by atoms with Gasteiger partial charge >= 0.3 is 5.69 Å². The fraction of sp³-hybridized carbons (Fsp3) is 0.133. The third-order valence-corrected chi connectivity index (χ3v) is 3.63. The second-order valence-electron chi connectivity index (χ2n) is 4.90. The molecule has 1 aromatic heterocycles. The van der Waals surface area contributed by atoms with Crippen LogP contribution in [-0.4, -0.2) is 14.7 Å². The van der Waals surface area contributed by atoms with Gasteiger partial charge in [0.1, 0.15) is 6.20 Å². The fourth-order valence-corrected chi connectivity index (χ4v) is 2.42. The lowest BCUT2D eigenvalue weighted by atomic mass is 10.0. The molecule has 1 atom stereocenters. The van der Waals surface area contributed by atoms with Crippen molar-refractivity contribution >= 4 is 22.3 Å². The molecule has 0 spiro atoms. The van der Waals surface area contributed by atoms with Gasteiger partial charge in [-0.05, 0) is 29.3 Å². The van der Waals surface area contributed by atoms with Crippen LogP contribution in [0.25, 0.3) is 10.8 Å². The van der Waals surface area contributed by atoms with Crippen LogP contribution >= 0.6 is 0 Å². The number of rotatable bonds is 3. The van der Waals surface area contributed by atoms with Crippen molar-refractivity contribution in [2.45, 2.75) is 13.0 Å². The number of anilines is 1. The summed E-state index contributed by atoms with van der Waals surface area (Å²) in [6, 6.07) is 13.9. The lowest BCUT2D eigenvalue weighted by Crippen LogP contribution is -2.11. The zero-order valence-corrected chi connectivity index (χ0v) is 11.4. The van der Waals surface area contributed by atoms with Crippen LogP contribution < -0.4 is 5.73 Å².